The molecule has 0 saturated heterocycles. The van der Waals surface area contributed by atoms with Gasteiger partial charge in [0.15, 0.2) is 11.5 Å². The monoisotopic (exact) mass is 289 g/mol. The molecule has 21 heavy (non-hydrogen) atoms. The lowest BCUT2D eigenvalue weighted by Gasteiger charge is -2.30. The van der Waals surface area contributed by atoms with Gasteiger partial charge in [0.2, 0.25) is 0 Å². The van der Waals surface area contributed by atoms with Crippen LogP contribution >= 0.6 is 0 Å². The molecule has 0 radical (unpaired) electrons. The van der Waals surface area contributed by atoms with E-state index in [1.165, 1.54) is 24.8 Å². The number of fused-ring (bicyclic) bond motifs is 1. The fourth-order valence-electron chi connectivity index (χ4n) is 3.46. The molecule has 2 N–H and O–H groups in total. The summed E-state index contributed by atoms with van der Waals surface area (Å²) >= 11 is 0. The van der Waals surface area contributed by atoms with Crippen molar-refractivity contribution in [2.45, 2.75) is 57.9 Å². The van der Waals surface area contributed by atoms with E-state index in [1.807, 2.05) is 6.07 Å². The molecule has 1 unspecified atom stereocenters. The van der Waals surface area contributed by atoms with Gasteiger partial charge in [-0.15, -0.1) is 0 Å². The summed E-state index contributed by atoms with van der Waals surface area (Å²) in [7, 11) is 0. The Kier molecular flexibility index (Phi) is 3.87. The van der Waals surface area contributed by atoms with Crippen LogP contribution in [0.15, 0.2) is 18.2 Å². The van der Waals surface area contributed by atoms with Gasteiger partial charge in [0.25, 0.3) is 0 Å². The van der Waals surface area contributed by atoms with E-state index in [0.717, 1.165) is 44.0 Å². The number of rotatable bonds is 1. The molecule has 0 aromatic heterocycles. The lowest BCUT2D eigenvalue weighted by Crippen LogP contribution is -2.36. The lowest BCUT2D eigenvalue weighted by atomic mass is 9.81. The van der Waals surface area contributed by atoms with Gasteiger partial charge in [0.1, 0.15) is 0 Å². The third-order valence-electron chi connectivity index (χ3n) is 5.05. The standard InChI is InChI=1S/C18H27NO2/c1-17(2)7-3-8-18(19,10-9-17)14-5-6-15-16(13-14)21-12-4-11-20-15/h5-6,13H,3-4,7-12,19H2,1-2H3. The summed E-state index contributed by atoms with van der Waals surface area (Å²) in [5.74, 6) is 1.71. The van der Waals surface area contributed by atoms with Gasteiger partial charge in [0.05, 0.1) is 13.2 Å². The van der Waals surface area contributed by atoms with Crippen molar-refractivity contribution < 1.29 is 9.47 Å². The zero-order valence-electron chi connectivity index (χ0n) is 13.3. The van der Waals surface area contributed by atoms with Crippen molar-refractivity contribution in [3.63, 3.8) is 0 Å². The molecule has 1 aromatic carbocycles. The van der Waals surface area contributed by atoms with Gasteiger partial charge in [-0.05, 0) is 48.8 Å². The molecule has 1 aromatic rings. The Labute approximate surface area is 127 Å². The summed E-state index contributed by atoms with van der Waals surface area (Å²) < 4.78 is 11.5. The molecule has 1 fully saturated rings. The average molecular weight is 289 g/mol. The molecule has 1 atom stereocenters. The maximum absolute atomic E-state index is 6.78. The predicted octanol–water partition coefficient (Wildman–Crippen LogP) is 3.99. The molecule has 2 aliphatic rings. The van der Waals surface area contributed by atoms with E-state index < -0.39 is 0 Å². The third kappa shape index (κ3) is 3.18. The summed E-state index contributed by atoms with van der Waals surface area (Å²) in [5, 5.41) is 0. The van der Waals surface area contributed by atoms with Crippen LogP contribution in [0.5, 0.6) is 11.5 Å². The largest absolute Gasteiger partial charge is 0.490 e. The molecule has 0 bridgehead atoms. The number of nitrogens with two attached hydrogens (primary N) is 1. The fourth-order valence-corrected chi connectivity index (χ4v) is 3.46. The molecule has 3 nitrogen and oxygen atoms in total. The van der Waals surface area contributed by atoms with Crippen LogP contribution in [0.1, 0.15) is 57.9 Å². The maximum Gasteiger partial charge on any atom is 0.161 e. The molecule has 116 valence electrons. The molecule has 3 rings (SSSR count). The zero-order valence-corrected chi connectivity index (χ0v) is 13.3. The smallest absolute Gasteiger partial charge is 0.161 e. The highest BCUT2D eigenvalue weighted by molar-refractivity contribution is 5.45. The minimum absolute atomic E-state index is 0.224. The first kappa shape index (κ1) is 14.7. The van der Waals surface area contributed by atoms with Crippen molar-refractivity contribution in [2.75, 3.05) is 13.2 Å². The van der Waals surface area contributed by atoms with Crippen LogP contribution in [-0.2, 0) is 5.54 Å². The second-order valence-corrected chi connectivity index (χ2v) is 7.39. The highest BCUT2D eigenvalue weighted by Gasteiger charge is 2.34. The van der Waals surface area contributed by atoms with E-state index >= 15 is 0 Å². The third-order valence-corrected chi connectivity index (χ3v) is 5.05. The van der Waals surface area contributed by atoms with Gasteiger partial charge >= 0.3 is 0 Å². The van der Waals surface area contributed by atoms with Gasteiger partial charge in [-0.1, -0.05) is 26.3 Å². The van der Waals surface area contributed by atoms with E-state index in [0.29, 0.717) is 5.41 Å². The first-order chi connectivity index (χ1) is 9.99. The van der Waals surface area contributed by atoms with Crippen LogP contribution in [0, 0.1) is 5.41 Å². The van der Waals surface area contributed by atoms with E-state index in [2.05, 4.69) is 26.0 Å². The van der Waals surface area contributed by atoms with Crippen molar-refractivity contribution in [3.05, 3.63) is 23.8 Å². The molecule has 0 spiro atoms. The molecular formula is C18H27NO2. The Hall–Kier alpha value is -1.22. The van der Waals surface area contributed by atoms with Gasteiger partial charge in [-0.3, -0.25) is 0 Å². The first-order valence-corrected chi connectivity index (χ1v) is 8.18. The van der Waals surface area contributed by atoms with Crippen LogP contribution in [0.2, 0.25) is 0 Å². The Morgan fingerprint density at radius 1 is 0.905 bits per heavy atom. The maximum atomic E-state index is 6.78. The van der Waals surface area contributed by atoms with Gasteiger partial charge < -0.3 is 15.2 Å². The second kappa shape index (κ2) is 5.53. The SMILES string of the molecule is CC1(C)CCCC(N)(c2ccc3c(c2)OCCCO3)CC1. The van der Waals surface area contributed by atoms with Crippen molar-refractivity contribution in [2.24, 2.45) is 11.1 Å². The van der Waals surface area contributed by atoms with E-state index in [1.54, 1.807) is 0 Å². The normalized spacial score (nSPS) is 28.5. The Balaban J connectivity index is 1.87. The minimum Gasteiger partial charge on any atom is -0.490 e. The molecule has 1 heterocycles. The molecular weight excluding hydrogens is 262 g/mol. The van der Waals surface area contributed by atoms with Crippen LogP contribution in [-0.4, -0.2) is 13.2 Å². The zero-order chi connectivity index (χ0) is 14.9. The lowest BCUT2D eigenvalue weighted by molar-refractivity contribution is 0.295. The summed E-state index contributed by atoms with van der Waals surface area (Å²) in [4.78, 5) is 0. The Bertz CT molecular complexity index is 512. The van der Waals surface area contributed by atoms with E-state index in [4.69, 9.17) is 15.2 Å². The summed E-state index contributed by atoms with van der Waals surface area (Å²) in [6.45, 7) is 6.16. The number of benzene rings is 1. The molecule has 3 heteroatoms. The number of hydrogen-bond donors (Lipinski definition) is 1. The topological polar surface area (TPSA) is 44.5 Å². The number of ether oxygens (including phenoxy) is 2. The van der Waals surface area contributed by atoms with Crippen LogP contribution in [0.4, 0.5) is 0 Å². The van der Waals surface area contributed by atoms with Crippen LogP contribution in [0.25, 0.3) is 0 Å². The molecule has 1 aliphatic carbocycles. The predicted molar refractivity (Wildman–Crippen MR) is 84.8 cm³/mol. The Morgan fingerprint density at radius 2 is 1.67 bits per heavy atom. The average Bonchev–Trinajstić information content (AvgIpc) is 2.76. The summed E-state index contributed by atoms with van der Waals surface area (Å²) in [5.41, 5.74) is 8.16. The highest BCUT2D eigenvalue weighted by Crippen LogP contribution is 2.43. The van der Waals surface area contributed by atoms with Crippen molar-refractivity contribution in [1.29, 1.82) is 0 Å². The summed E-state index contributed by atoms with van der Waals surface area (Å²) in [6.07, 6.45) is 6.66. The van der Waals surface area contributed by atoms with Crippen molar-refractivity contribution in [1.82, 2.24) is 0 Å². The second-order valence-electron chi connectivity index (χ2n) is 7.39. The Morgan fingerprint density at radius 3 is 2.48 bits per heavy atom. The van der Waals surface area contributed by atoms with Crippen molar-refractivity contribution in [3.8, 4) is 11.5 Å². The fraction of sp³-hybridized carbons (Fsp3) is 0.667. The van der Waals surface area contributed by atoms with Gasteiger partial charge in [-0.25, -0.2) is 0 Å². The number of hydrogen-bond acceptors (Lipinski definition) is 3. The molecule has 1 saturated carbocycles. The van der Waals surface area contributed by atoms with Crippen LogP contribution in [0.3, 0.4) is 0 Å². The minimum atomic E-state index is -0.224. The van der Waals surface area contributed by atoms with Gasteiger partial charge in [-0.2, -0.15) is 0 Å². The summed E-state index contributed by atoms with van der Waals surface area (Å²) in [6, 6.07) is 6.27. The highest BCUT2D eigenvalue weighted by atomic mass is 16.5. The van der Waals surface area contributed by atoms with Gasteiger partial charge in [0, 0.05) is 12.0 Å². The van der Waals surface area contributed by atoms with Crippen molar-refractivity contribution >= 4 is 0 Å². The molecule has 1 aliphatic heterocycles. The van der Waals surface area contributed by atoms with Crippen LogP contribution < -0.4 is 15.2 Å². The quantitative estimate of drug-likeness (QED) is 0.795. The van der Waals surface area contributed by atoms with E-state index in [-0.39, 0.29) is 5.54 Å². The molecule has 0 amide bonds. The first-order valence-electron chi connectivity index (χ1n) is 8.18. The van der Waals surface area contributed by atoms with E-state index in [9.17, 15) is 0 Å².